The lowest BCUT2D eigenvalue weighted by molar-refractivity contribution is -0.132. The molecule has 0 heterocycles. The van der Waals surface area contributed by atoms with Gasteiger partial charge in [0.05, 0.1) is 0 Å². The van der Waals surface area contributed by atoms with Crippen molar-refractivity contribution in [1.82, 2.24) is 0 Å². The minimum atomic E-state index is -4.15. The monoisotopic (exact) mass is 141 g/mol. The van der Waals surface area contributed by atoms with Gasteiger partial charge in [0, 0.05) is 12.6 Å². The van der Waals surface area contributed by atoms with Crippen molar-refractivity contribution in [3.63, 3.8) is 0 Å². The summed E-state index contributed by atoms with van der Waals surface area (Å²) in [5.74, 6) is 0. The molecule has 54 valence electrons. The van der Waals surface area contributed by atoms with Gasteiger partial charge in [-0.3, -0.25) is 0 Å². The second kappa shape index (κ2) is 3.32. The summed E-state index contributed by atoms with van der Waals surface area (Å²) >= 11 is 0. The molecule has 0 aromatic carbocycles. The van der Waals surface area contributed by atoms with Crippen LogP contribution in [0.1, 0.15) is 12.8 Å². The molecule has 0 aromatic heterocycles. The second-order valence-corrected chi connectivity index (χ2v) is 1.45. The molecule has 0 aliphatic rings. The molecule has 0 fully saturated rings. The maximum atomic E-state index is 11.2. The zero-order valence-electron chi connectivity index (χ0n) is 4.52. The van der Waals surface area contributed by atoms with Crippen LogP contribution in [0, 0.1) is 0 Å². The van der Waals surface area contributed by atoms with Gasteiger partial charge in [-0.15, -0.1) is 5.16 Å². The first-order valence-electron chi connectivity index (χ1n) is 2.29. The standard InChI is InChI=1S/C4H6F3NO/c5-4(6,7)2-1-3-8-9/h3,9H,1-2H2. The zero-order chi connectivity index (χ0) is 7.33. The second-order valence-electron chi connectivity index (χ2n) is 1.45. The predicted molar refractivity (Wildman–Crippen MR) is 25.6 cm³/mol. The SMILES string of the molecule is ON=CCCC(F)(F)F. The van der Waals surface area contributed by atoms with Gasteiger partial charge in [-0.1, -0.05) is 0 Å². The maximum absolute atomic E-state index is 11.2. The van der Waals surface area contributed by atoms with E-state index in [4.69, 9.17) is 5.21 Å². The summed E-state index contributed by atoms with van der Waals surface area (Å²) in [5, 5.41) is 10.1. The number of hydrogen-bond donors (Lipinski definition) is 1. The molecule has 0 radical (unpaired) electrons. The first kappa shape index (κ1) is 8.26. The summed E-state index contributed by atoms with van der Waals surface area (Å²) in [5.41, 5.74) is 0. The van der Waals surface area contributed by atoms with E-state index in [0.717, 1.165) is 6.21 Å². The molecular formula is C4H6F3NO. The van der Waals surface area contributed by atoms with Crippen molar-refractivity contribution >= 4 is 6.21 Å². The smallest absolute Gasteiger partial charge is 0.389 e. The number of rotatable bonds is 2. The van der Waals surface area contributed by atoms with Gasteiger partial charge in [-0.2, -0.15) is 13.2 Å². The van der Waals surface area contributed by atoms with E-state index in [1.807, 2.05) is 0 Å². The van der Waals surface area contributed by atoms with Gasteiger partial charge in [-0.05, 0) is 6.42 Å². The van der Waals surface area contributed by atoms with E-state index in [1.54, 1.807) is 0 Å². The molecule has 0 unspecified atom stereocenters. The average molecular weight is 141 g/mol. The third kappa shape index (κ3) is 7.26. The molecule has 0 saturated carbocycles. The zero-order valence-corrected chi connectivity index (χ0v) is 4.52. The molecule has 0 spiro atoms. The molecule has 0 bridgehead atoms. The molecule has 9 heavy (non-hydrogen) atoms. The predicted octanol–water partition coefficient (Wildman–Crippen LogP) is 1.79. The van der Waals surface area contributed by atoms with Gasteiger partial charge in [0.2, 0.25) is 0 Å². The van der Waals surface area contributed by atoms with Gasteiger partial charge in [-0.25, -0.2) is 0 Å². The van der Waals surface area contributed by atoms with Crippen molar-refractivity contribution in [2.45, 2.75) is 19.0 Å². The third-order valence-corrected chi connectivity index (χ3v) is 0.639. The minimum Gasteiger partial charge on any atom is -0.411 e. The fourth-order valence-corrected chi connectivity index (χ4v) is 0.286. The molecule has 1 N–H and O–H groups in total. The summed E-state index contributed by atoms with van der Waals surface area (Å²) in [6.45, 7) is 0. The molecule has 0 aliphatic carbocycles. The fourth-order valence-electron chi connectivity index (χ4n) is 0.286. The van der Waals surface area contributed by atoms with Gasteiger partial charge >= 0.3 is 6.18 Å². The van der Waals surface area contributed by atoms with E-state index in [-0.39, 0.29) is 6.42 Å². The average Bonchev–Trinajstić information content (AvgIpc) is 1.63. The number of nitrogens with zero attached hydrogens (tertiary/aromatic N) is 1. The third-order valence-electron chi connectivity index (χ3n) is 0.639. The molecule has 2 nitrogen and oxygen atoms in total. The Morgan fingerprint density at radius 2 is 2.00 bits per heavy atom. The Balaban J connectivity index is 3.28. The first-order valence-corrected chi connectivity index (χ1v) is 2.29. The number of oxime groups is 1. The Labute approximate surface area is 50.0 Å². The number of halogens is 3. The van der Waals surface area contributed by atoms with Crippen LogP contribution in [0.4, 0.5) is 13.2 Å². The lowest BCUT2D eigenvalue weighted by Gasteiger charge is -2.00. The maximum Gasteiger partial charge on any atom is 0.389 e. The van der Waals surface area contributed by atoms with Crippen LogP contribution in [-0.2, 0) is 0 Å². The van der Waals surface area contributed by atoms with Gasteiger partial charge in [0.25, 0.3) is 0 Å². The Morgan fingerprint density at radius 1 is 1.44 bits per heavy atom. The molecular weight excluding hydrogens is 135 g/mol. The highest BCUT2D eigenvalue weighted by atomic mass is 19.4. The van der Waals surface area contributed by atoms with Crippen molar-refractivity contribution in [2.75, 3.05) is 0 Å². The molecule has 0 aliphatic heterocycles. The van der Waals surface area contributed by atoms with Crippen molar-refractivity contribution in [2.24, 2.45) is 5.16 Å². The summed E-state index contributed by atoms with van der Waals surface area (Å²) in [6.07, 6.45) is -4.54. The molecule has 5 heteroatoms. The van der Waals surface area contributed by atoms with Crippen LogP contribution in [0.3, 0.4) is 0 Å². The van der Waals surface area contributed by atoms with Crippen LogP contribution < -0.4 is 0 Å². The Bertz CT molecular complexity index is 98.5. The fraction of sp³-hybridized carbons (Fsp3) is 0.750. The minimum absolute atomic E-state index is 0.264. The topological polar surface area (TPSA) is 32.6 Å². The van der Waals surface area contributed by atoms with E-state index in [9.17, 15) is 13.2 Å². The van der Waals surface area contributed by atoms with E-state index in [0.29, 0.717) is 0 Å². The van der Waals surface area contributed by atoms with E-state index >= 15 is 0 Å². The highest BCUT2D eigenvalue weighted by Gasteiger charge is 2.25. The largest absolute Gasteiger partial charge is 0.411 e. The van der Waals surface area contributed by atoms with Gasteiger partial charge in [0.1, 0.15) is 0 Å². The lowest BCUT2D eigenvalue weighted by atomic mass is 10.3. The van der Waals surface area contributed by atoms with Crippen LogP contribution in [0.25, 0.3) is 0 Å². The van der Waals surface area contributed by atoms with E-state index in [1.165, 1.54) is 0 Å². The quantitative estimate of drug-likeness (QED) is 0.355. The molecule has 0 amide bonds. The molecule has 0 rings (SSSR count). The lowest BCUT2D eigenvalue weighted by Crippen LogP contribution is -2.06. The van der Waals surface area contributed by atoms with Gasteiger partial charge in [0.15, 0.2) is 0 Å². The summed E-state index contributed by atoms with van der Waals surface area (Å²) in [6, 6.07) is 0. The van der Waals surface area contributed by atoms with E-state index in [2.05, 4.69) is 5.16 Å². The highest BCUT2D eigenvalue weighted by molar-refractivity contribution is 5.55. The Kier molecular flexibility index (Phi) is 3.05. The molecule has 0 atom stereocenters. The van der Waals surface area contributed by atoms with Crippen molar-refractivity contribution < 1.29 is 18.4 Å². The van der Waals surface area contributed by atoms with Crippen molar-refractivity contribution in [3.8, 4) is 0 Å². The summed E-state index contributed by atoms with van der Waals surface area (Å²) in [4.78, 5) is 0. The van der Waals surface area contributed by atoms with Gasteiger partial charge < -0.3 is 5.21 Å². The first-order chi connectivity index (χ1) is 4.06. The van der Waals surface area contributed by atoms with Crippen molar-refractivity contribution in [1.29, 1.82) is 0 Å². The van der Waals surface area contributed by atoms with Crippen LogP contribution >= 0.6 is 0 Å². The number of hydrogen-bond acceptors (Lipinski definition) is 2. The van der Waals surface area contributed by atoms with Crippen LogP contribution in [-0.4, -0.2) is 17.6 Å². The molecule has 0 aromatic rings. The number of alkyl halides is 3. The summed E-state index contributed by atoms with van der Waals surface area (Å²) in [7, 11) is 0. The van der Waals surface area contributed by atoms with Crippen molar-refractivity contribution in [3.05, 3.63) is 0 Å². The van der Waals surface area contributed by atoms with Crippen LogP contribution in [0.2, 0.25) is 0 Å². The highest BCUT2D eigenvalue weighted by Crippen LogP contribution is 2.20. The van der Waals surface area contributed by atoms with Crippen LogP contribution in [0.15, 0.2) is 5.16 Å². The summed E-state index contributed by atoms with van der Waals surface area (Å²) < 4.78 is 33.7. The Hall–Kier alpha value is -0.740. The molecule has 0 saturated heterocycles. The Morgan fingerprint density at radius 3 is 2.33 bits per heavy atom. The van der Waals surface area contributed by atoms with E-state index < -0.39 is 12.6 Å². The van der Waals surface area contributed by atoms with Crippen LogP contribution in [0.5, 0.6) is 0 Å². The normalized spacial score (nSPS) is 12.8.